The monoisotopic (exact) mass is 357 g/mol. The Kier molecular flexibility index (Phi) is 4.81. The SMILES string of the molecule is CCCOc1cccc(-c2csc([C@]3(C)CC(=O)N(C)C(N)=N3)c2)c1. The van der Waals surface area contributed by atoms with Crippen LogP contribution >= 0.6 is 11.3 Å². The van der Waals surface area contributed by atoms with Gasteiger partial charge in [0.05, 0.1) is 13.0 Å². The Morgan fingerprint density at radius 3 is 2.88 bits per heavy atom. The molecule has 1 atom stereocenters. The number of amides is 1. The molecule has 0 fully saturated rings. The maximum atomic E-state index is 12.2. The lowest BCUT2D eigenvalue weighted by molar-refractivity contribution is -0.128. The first kappa shape index (κ1) is 17.5. The topological polar surface area (TPSA) is 67.9 Å². The van der Waals surface area contributed by atoms with Crippen molar-refractivity contribution in [2.45, 2.75) is 32.2 Å². The van der Waals surface area contributed by atoms with Crippen LogP contribution < -0.4 is 10.5 Å². The maximum Gasteiger partial charge on any atom is 0.231 e. The molecule has 3 rings (SSSR count). The molecule has 25 heavy (non-hydrogen) atoms. The average Bonchev–Trinajstić information content (AvgIpc) is 3.09. The van der Waals surface area contributed by atoms with E-state index in [0.717, 1.165) is 28.2 Å². The van der Waals surface area contributed by atoms with Gasteiger partial charge >= 0.3 is 0 Å². The highest BCUT2D eigenvalue weighted by Crippen LogP contribution is 2.39. The van der Waals surface area contributed by atoms with Crippen LogP contribution in [0.3, 0.4) is 0 Å². The van der Waals surface area contributed by atoms with Crippen LogP contribution in [0.15, 0.2) is 40.7 Å². The van der Waals surface area contributed by atoms with Crippen LogP contribution in [0.5, 0.6) is 5.75 Å². The van der Waals surface area contributed by atoms with E-state index in [-0.39, 0.29) is 11.9 Å². The minimum absolute atomic E-state index is 0.0140. The molecule has 0 saturated heterocycles. The van der Waals surface area contributed by atoms with Crippen LogP contribution in [0.4, 0.5) is 0 Å². The second kappa shape index (κ2) is 6.88. The molecule has 2 heterocycles. The van der Waals surface area contributed by atoms with E-state index < -0.39 is 5.54 Å². The predicted octanol–water partition coefficient (Wildman–Crippen LogP) is 3.60. The van der Waals surface area contributed by atoms with E-state index in [2.05, 4.69) is 29.4 Å². The number of thiophene rings is 1. The highest BCUT2D eigenvalue weighted by molar-refractivity contribution is 7.10. The lowest BCUT2D eigenvalue weighted by atomic mass is 9.93. The van der Waals surface area contributed by atoms with Crippen LogP contribution in [-0.2, 0) is 10.3 Å². The summed E-state index contributed by atoms with van der Waals surface area (Å²) in [4.78, 5) is 19.2. The van der Waals surface area contributed by atoms with Crippen LogP contribution in [0.25, 0.3) is 11.1 Å². The number of ether oxygens (including phenoxy) is 1. The Morgan fingerprint density at radius 1 is 1.36 bits per heavy atom. The molecule has 5 nitrogen and oxygen atoms in total. The van der Waals surface area contributed by atoms with Crippen LogP contribution in [0.2, 0.25) is 0 Å². The van der Waals surface area contributed by atoms with E-state index in [1.54, 1.807) is 18.4 Å². The molecular formula is C19H23N3O2S. The summed E-state index contributed by atoms with van der Waals surface area (Å²) in [6.07, 6.45) is 1.30. The molecule has 1 aliphatic rings. The Labute approximate surface area is 152 Å². The van der Waals surface area contributed by atoms with Crippen molar-refractivity contribution in [3.05, 3.63) is 40.6 Å². The predicted molar refractivity (Wildman–Crippen MR) is 102 cm³/mol. The van der Waals surface area contributed by atoms with Gasteiger partial charge in [-0.1, -0.05) is 19.1 Å². The number of guanidine groups is 1. The molecule has 6 heteroatoms. The summed E-state index contributed by atoms with van der Waals surface area (Å²) in [6, 6.07) is 10.2. The molecule has 0 aliphatic carbocycles. The zero-order valence-corrected chi connectivity index (χ0v) is 15.6. The van der Waals surface area contributed by atoms with E-state index >= 15 is 0 Å². The van der Waals surface area contributed by atoms with Crippen molar-refractivity contribution in [2.75, 3.05) is 13.7 Å². The van der Waals surface area contributed by atoms with Gasteiger partial charge in [0, 0.05) is 11.9 Å². The summed E-state index contributed by atoms with van der Waals surface area (Å²) >= 11 is 1.60. The molecular weight excluding hydrogens is 334 g/mol. The highest BCUT2D eigenvalue weighted by atomic mass is 32.1. The molecule has 2 N–H and O–H groups in total. The molecule has 0 saturated carbocycles. The fourth-order valence-electron chi connectivity index (χ4n) is 2.81. The first-order valence-electron chi connectivity index (χ1n) is 8.37. The Morgan fingerprint density at radius 2 is 2.16 bits per heavy atom. The minimum Gasteiger partial charge on any atom is -0.494 e. The van der Waals surface area contributed by atoms with E-state index in [1.165, 1.54) is 4.90 Å². The molecule has 132 valence electrons. The number of hydrogen-bond acceptors (Lipinski definition) is 5. The molecule has 0 spiro atoms. The normalized spacial score (nSPS) is 20.5. The first-order chi connectivity index (χ1) is 11.9. The third kappa shape index (κ3) is 3.54. The van der Waals surface area contributed by atoms with Gasteiger partial charge in [0.1, 0.15) is 11.3 Å². The molecule has 0 unspecified atom stereocenters. The van der Waals surface area contributed by atoms with Gasteiger partial charge in [0.15, 0.2) is 5.96 Å². The Hall–Kier alpha value is -2.34. The summed E-state index contributed by atoms with van der Waals surface area (Å²) in [7, 11) is 1.66. The lowest BCUT2D eigenvalue weighted by Gasteiger charge is -2.32. The Bertz CT molecular complexity index is 815. The lowest BCUT2D eigenvalue weighted by Crippen LogP contribution is -2.47. The number of carbonyl (C=O) groups is 1. The first-order valence-corrected chi connectivity index (χ1v) is 9.25. The summed E-state index contributed by atoms with van der Waals surface area (Å²) < 4.78 is 5.72. The van der Waals surface area contributed by atoms with Crippen LogP contribution in [0.1, 0.15) is 31.6 Å². The van der Waals surface area contributed by atoms with E-state index in [0.29, 0.717) is 13.0 Å². The maximum absolute atomic E-state index is 12.2. The number of hydrogen-bond donors (Lipinski definition) is 1. The van der Waals surface area contributed by atoms with Gasteiger partial charge in [-0.15, -0.1) is 11.3 Å². The average molecular weight is 357 g/mol. The van der Waals surface area contributed by atoms with Crippen molar-refractivity contribution in [1.82, 2.24) is 4.90 Å². The fraction of sp³-hybridized carbons (Fsp3) is 0.368. The fourth-order valence-corrected chi connectivity index (χ4v) is 3.83. The van der Waals surface area contributed by atoms with Gasteiger partial charge in [-0.2, -0.15) is 0 Å². The number of nitrogens with two attached hydrogens (primary N) is 1. The van der Waals surface area contributed by atoms with Crippen molar-refractivity contribution in [3.63, 3.8) is 0 Å². The smallest absolute Gasteiger partial charge is 0.231 e. The molecule has 1 aliphatic heterocycles. The molecule has 0 bridgehead atoms. The molecule has 1 aromatic heterocycles. The number of rotatable bonds is 5. The quantitative estimate of drug-likeness (QED) is 0.889. The van der Waals surface area contributed by atoms with Crippen molar-refractivity contribution in [1.29, 1.82) is 0 Å². The molecule has 1 amide bonds. The third-order valence-corrected chi connectivity index (χ3v) is 5.53. The van der Waals surface area contributed by atoms with Crippen LogP contribution in [0, 0.1) is 0 Å². The minimum atomic E-state index is -0.604. The zero-order valence-electron chi connectivity index (χ0n) is 14.8. The second-order valence-corrected chi connectivity index (χ2v) is 7.36. The number of nitrogens with zero attached hydrogens (tertiary/aromatic N) is 2. The highest BCUT2D eigenvalue weighted by Gasteiger charge is 2.37. The number of aliphatic imine (C=N–C) groups is 1. The van der Waals surface area contributed by atoms with Gasteiger partial charge in [0.2, 0.25) is 5.91 Å². The summed E-state index contributed by atoms with van der Waals surface area (Å²) in [5.41, 5.74) is 7.50. The van der Waals surface area contributed by atoms with Gasteiger partial charge in [0.25, 0.3) is 0 Å². The van der Waals surface area contributed by atoms with Crippen LogP contribution in [-0.4, -0.2) is 30.4 Å². The van der Waals surface area contributed by atoms with Crippen molar-refractivity contribution in [3.8, 4) is 16.9 Å². The molecule has 2 aromatic rings. The van der Waals surface area contributed by atoms with Crippen molar-refractivity contribution < 1.29 is 9.53 Å². The number of benzene rings is 1. The number of carbonyl (C=O) groups excluding carboxylic acids is 1. The van der Waals surface area contributed by atoms with E-state index in [9.17, 15) is 4.79 Å². The summed E-state index contributed by atoms with van der Waals surface area (Å²) in [5.74, 6) is 1.12. The second-order valence-electron chi connectivity index (χ2n) is 6.45. The van der Waals surface area contributed by atoms with Crippen molar-refractivity contribution >= 4 is 23.2 Å². The molecule has 0 radical (unpaired) electrons. The van der Waals surface area contributed by atoms with Gasteiger partial charge in [-0.25, -0.2) is 4.99 Å². The zero-order chi connectivity index (χ0) is 18.0. The molecule has 1 aromatic carbocycles. The van der Waals surface area contributed by atoms with E-state index in [4.69, 9.17) is 10.5 Å². The van der Waals surface area contributed by atoms with E-state index in [1.807, 2.05) is 25.1 Å². The largest absolute Gasteiger partial charge is 0.494 e. The third-order valence-electron chi connectivity index (χ3n) is 4.35. The van der Waals surface area contributed by atoms with Gasteiger partial charge in [-0.05, 0) is 48.1 Å². The van der Waals surface area contributed by atoms with Gasteiger partial charge in [-0.3, -0.25) is 9.69 Å². The standard InChI is InChI=1S/C19H23N3O2S/c1-4-8-24-15-7-5-6-13(9-15)14-10-16(25-12-14)19(2)11-17(23)22(3)18(20)21-19/h5-7,9-10,12H,4,8,11H2,1-3H3,(H2,20,21)/t19-/m0/s1. The summed E-state index contributed by atoms with van der Waals surface area (Å²) in [6.45, 7) is 4.76. The Balaban J connectivity index is 1.89. The van der Waals surface area contributed by atoms with Crippen molar-refractivity contribution in [2.24, 2.45) is 10.7 Å². The summed E-state index contributed by atoms with van der Waals surface area (Å²) in [5, 5.41) is 2.09. The van der Waals surface area contributed by atoms with Gasteiger partial charge < -0.3 is 10.5 Å².